The molecular weight excluding hydrogens is 420 g/mol. The second-order valence-corrected chi connectivity index (χ2v) is 13.3. The van der Waals surface area contributed by atoms with Crippen molar-refractivity contribution in [2.75, 3.05) is 6.61 Å². The zero-order valence-corrected chi connectivity index (χ0v) is 20.9. The molecule has 6 nitrogen and oxygen atoms in total. The van der Waals surface area contributed by atoms with Crippen LogP contribution in [0.2, 0.25) is 0 Å². The van der Waals surface area contributed by atoms with E-state index >= 15 is 0 Å². The van der Waals surface area contributed by atoms with E-state index in [4.69, 9.17) is 4.74 Å². The minimum Gasteiger partial charge on any atom is -0.396 e. The molecule has 5 fully saturated rings. The first-order valence-electron chi connectivity index (χ1n) is 13.5. The molecule has 0 aromatic carbocycles. The van der Waals surface area contributed by atoms with Crippen molar-refractivity contribution in [3.63, 3.8) is 0 Å². The molecule has 0 bridgehead atoms. The lowest BCUT2D eigenvalue weighted by Gasteiger charge is -2.62. The van der Waals surface area contributed by atoms with Crippen molar-refractivity contribution in [1.29, 1.82) is 0 Å². The lowest BCUT2D eigenvalue weighted by atomic mass is 9.44. The number of rotatable bonds is 4. The first-order chi connectivity index (χ1) is 15.5. The molecule has 1 heterocycles. The Morgan fingerprint density at radius 2 is 1.73 bits per heavy atom. The van der Waals surface area contributed by atoms with Gasteiger partial charge < -0.3 is 30.3 Å². The Hall–Kier alpha value is -0.240. The van der Waals surface area contributed by atoms with Crippen molar-refractivity contribution >= 4 is 0 Å². The third kappa shape index (κ3) is 3.41. The van der Waals surface area contributed by atoms with Crippen LogP contribution in [-0.4, -0.2) is 62.3 Å². The van der Waals surface area contributed by atoms with Crippen LogP contribution in [0.15, 0.2) is 0 Å². The third-order valence-electron chi connectivity index (χ3n) is 11.7. The average Bonchev–Trinajstić information content (AvgIpc) is 3.16. The quantitative estimate of drug-likeness (QED) is 0.436. The zero-order chi connectivity index (χ0) is 23.9. The molecule has 0 aromatic rings. The highest BCUT2D eigenvalue weighted by atomic mass is 16.6. The fourth-order valence-electron chi connectivity index (χ4n) is 9.83. The van der Waals surface area contributed by atoms with Gasteiger partial charge in [-0.15, -0.1) is 0 Å². The first kappa shape index (κ1) is 24.5. The van der Waals surface area contributed by atoms with Gasteiger partial charge >= 0.3 is 0 Å². The molecule has 0 radical (unpaired) electrons. The minimum absolute atomic E-state index is 0.00789. The largest absolute Gasteiger partial charge is 0.396 e. The predicted octanol–water partition coefficient (Wildman–Crippen LogP) is 2.69. The smallest absolute Gasteiger partial charge is 0.168 e. The van der Waals surface area contributed by atoms with Crippen molar-refractivity contribution in [1.82, 2.24) is 0 Å². The summed E-state index contributed by atoms with van der Waals surface area (Å²) in [6.45, 7) is 8.84. The number of aliphatic hydroxyl groups excluding tert-OH is 4. The van der Waals surface area contributed by atoms with Gasteiger partial charge in [-0.25, -0.2) is 0 Å². The van der Waals surface area contributed by atoms with E-state index in [1.807, 2.05) is 6.92 Å². The lowest BCUT2D eigenvalue weighted by molar-refractivity contribution is -0.239. The maximum atomic E-state index is 11.7. The van der Waals surface area contributed by atoms with E-state index in [1.54, 1.807) is 0 Å². The van der Waals surface area contributed by atoms with Crippen LogP contribution in [0.5, 0.6) is 0 Å². The second-order valence-electron chi connectivity index (χ2n) is 13.3. The fraction of sp³-hybridized carbons (Fsp3) is 1.00. The van der Waals surface area contributed by atoms with E-state index < -0.39 is 24.1 Å². The summed E-state index contributed by atoms with van der Waals surface area (Å²) in [7, 11) is 0. The SMILES string of the molecule is C[C@@H](CO)CCC1(O)O[C@H]2[C@@H](O)[C@H]3[C@@H]4CC[C@H]5C[C@@H](O)[C@H](O)C[C@]5(C)[C@H]4CC[C@]3(C)[C@H]2[C@@H]1C. The fourth-order valence-corrected chi connectivity index (χ4v) is 9.83. The molecule has 5 rings (SSSR count). The van der Waals surface area contributed by atoms with Crippen molar-refractivity contribution in [3.05, 3.63) is 0 Å². The summed E-state index contributed by atoms with van der Waals surface area (Å²) in [4.78, 5) is 0. The van der Waals surface area contributed by atoms with Crippen LogP contribution in [0.1, 0.15) is 79.1 Å². The summed E-state index contributed by atoms with van der Waals surface area (Å²) in [6.07, 6.45) is 4.56. The van der Waals surface area contributed by atoms with Gasteiger partial charge in [0.1, 0.15) is 0 Å². The van der Waals surface area contributed by atoms with Gasteiger partial charge in [0.15, 0.2) is 5.79 Å². The molecule has 190 valence electrons. The van der Waals surface area contributed by atoms with Crippen molar-refractivity contribution in [2.45, 2.75) is 109 Å². The van der Waals surface area contributed by atoms with Gasteiger partial charge in [0.25, 0.3) is 0 Å². The molecule has 1 aliphatic heterocycles. The molecule has 4 aliphatic carbocycles. The molecule has 1 saturated heterocycles. The molecular formula is C27H46O6. The highest BCUT2D eigenvalue weighted by Crippen LogP contribution is 2.70. The van der Waals surface area contributed by atoms with Crippen LogP contribution in [0.4, 0.5) is 0 Å². The molecule has 5 aliphatic rings. The van der Waals surface area contributed by atoms with Gasteiger partial charge in [-0.1, -0.05) is 27.7 Å². The lowest BCUT2D eigenvalue weighted by Crippen LogP contribution is -2.58. The maximum absolute atomic E-state index is 11.7. The second kappa shape index (κ2) is 8.14. The minimum atomic E-state index is -1.24. The normalized spacial score (nSPS) is 58.8. The van der Waals surface area contributed by atoms with E-state index in [0.717, 1.165) is 25.7 Å². The van der Waals surface area contributed by atoms with Crippen LogP contribution in [0.3, 0.4) is 0 Å². The topological polar surface area (TPSA) is 110 Å². The number of hydrogen-bond donors (Lipinski definition) is 5. The van der Waals surface area contributed by atoms with Crippen LogP contribution >= 0.6 is 0 Å². The Labute approximate surface area is 198 Å². The molecule has 14 atom stereocenters. The van der Waals surface area contributed by atoms with E-state index in [1.165, 1.54) is 0 Å². The highest BCUT2D eigenvalue weighted by Gasteiger charge is 2.71. The monoisotopic (exact) mass is 466 g/mol. The molecule has 5 N–H and O–H groups in total. The third-order valence-corrected chi connectivity index (χ3v) is 11.7. The van der Waals surface area contributed by atoms with Crippen LogP contribution < -0.4 is 0 Å². The molecule has 0 amide bonds. The van der Waals surface area contributed by atoms with Gasteiger partial charge in [-0.05, 0) is 85.4 Å². The van der Waals surface area contributed by atoms with Crippen molar-refractivity contribution in [3.8, 4) is 0 Å². The summed E-state index contributed by atoms with van der Waals surface area (Å²) in [5.41, 5.74) is -0.0678. The highest BCUT2D eigenvalue weighted by molar-refractivity contribution is 5.18. The average molecular weight is 467 g/mol. The molecule has 0 spiro atoms. The van der Waals surface area contributed by atoms with Crippen LogP contribution in [-0.2, 0) is 4.74 Å². The van der Waals surface area contributed by atoms with E-state index in [-0.39, 0.29) is 47.2 Å². The predicted molar refractivity (Wildman–Crippen MR) is 124 cm³/mol. The molecule has 6 heteroatoms. The Bertz CT molecular complexity index is 746. The van der Waals surface area contributed by atoms with Gasteiger partial charge in [0.2, 0.25) is 0 Å². The van der Waals surface area contributed by atoms with Crippen LogP contribution in [0.25, 0.3) is 0 Å². The number of ether oxygens (including phenoxy) is 1. The van der Waals surface area contributed by atoms with Gasteiger partial charge in [-0.3, -0.25) is 0 Å². The van der Waals surface area contributed by atoms with Gasteiger partial charge in [-0.2, -0.15) is 0 Å². The van der Waals surface area contributed by atoms with Gasteiger partial charge in [0.05, 0.1) is 24.4 Å². The summed E-state index contributed by atoms with van der Waals surface area (Å²) in [5.74, 6) is 0.373. The summed E-state index contributed by atoms with van der Waals surface area (Å²) in [5, 5.41) is 53.4. The van der Waals surface area contributed by atoms with Crippen molar-refractivity contribution < 1.29 is 30.3 Å². The van der Waals surface area contributed by atoms with Crippen LogP contribution in [0, 0.1) is 52.3 Å². The molecule has 33 heavy (non-hydrogen) atoms. The number of hydrogen-bond acceptors (Lipinski definition) is 6. The van der Waals surface area contributed by atoms with Crippen molar-refractivity contribution in [2.24, 2.45) is 52.3 Å². The summed E-state index contributed by atoms with van der Waals surface area (Å²) >= 11 is 0. The van der Waals surface area contributed by atoms with Gasteiger partial charge in [0, 0.05) is 24.9 Å². The summed E-state index contributed by atoms with van der Waals surface area (Å²) in [6, 6.07) is 0. The number of aliphatic hydroxyl groups is 5. The Balaban J connectivity index is 1.40. The maximum Gasteiger partial charge on any atom is 0.168 e. The standard InChI is InChI=1S/C27H46O6/c1-14(13-28)7-10-27(32)15(2)21-24(33-27)23(31)22-17-6-5-16-11-19(29)20(30)12-26(16,4)18(17)8-9-25(21,22)3/h14-24,28-32H,5-13H2,1-4H3/t14-,15+,16+,17-,18+,19-,20-,21+,22-,23+,24-,25-,26+,27?/m1/s1. The molecule has 4 saturated carbocycles. The Morgan fingerprint density at radius 3 is 2.42 bits per heavy atom. The van der Waals surface area contributed by atoms with E-state index in [0.29, 0.717) is 43.4 Å². The molecule has 1 unspecified atom stereocenters. The Morgan fingerprint density at radius 1 is 1.00 bits per heavy atom. The number of fused-ring (bicyclic) bond motifs is 7. The summed E-state index contributed by atoms with van der Waals surface area (Å²) < 4.78 is 6.34. The molecule has 0 aromatic heterocycles. The Kier molecular flexibility index (Phi) is 6.03. The first-order valence-corrected chi connectivity index (χ1v) is 13.5. The zero-order valence-electron chi connectivity index (χ0n) is 20.9. The van der Waals surface area contributed by atoms with E-state index in [9.17, 15) is 25.5 Å². The van der Waals surface area contributed by atoms with E-state index in [2.05, 4.69) is 20.8 Å².